The van der Waals surface area contributed by atoms with Gasteiger partial charge in [0.1, 0.15) is 17.2 Å². The summed E-state index contributed by atoms with van der Waals surface area (Å²) >= 11 is 0. The van der Waals surface area contributed by atoms with Crippen molar-refractivity contribution in [3.05, 3.63) is 28.2 Å². The van der Waals surface area contributed by atoms with E-state index in [0.29, 0.717) is 24.2 Å². The number of amides is 2. The van der Waals surface area contributed by atoms with Gasteiger partial charge in [0.2, 0.25) is 0 Å². The maximum Gasteiger partial charge on any atom is 0.410 e. The van der Waals surface area contributed by atoms with Crippen LogP contribution in [0.25, 0.3) is 0 Å². The number of aromatic carboxylic acids is 1. The van der Waals surface area contributed by atoms with Crippen molar-refractivity contribution in [1.29, 1.82) is 0 Å². The van der Waals surface area contributed by atoms with Gasteiger partial charge in [-0.25, -0.2) is 15.0 Å². The van der Waals surface area contributed by atoms with Crippen LogP contribution in [-0.4, -0.2) is 56.1 Å². The van der Waals surface area contributed by atoms with Crippen LogP contribution in [0.4, 0.5) is 4.79 Å². The second-order valence-electron chi connectivity index (χ2n) is 6.57. The van der Waals surface area contributed by atoms with E-state index < -0.39 is 40.7 Å². The molecule has 0 radical (unpaired) electrons. The molecular formula is C15H20N4O6. The Labute approximate surface area is 143 Å². The van der Waals surface area contributed by atoms with Gasteiger partial charge in [-0.05, 0) is 39.7 Å². The predicted molar refractivity (Wildman–Crippen MR) is 85.8 cm³/mol. The minimum atomic E-state index is -1.42. The Bertz CT molecular complexity index is 751. The Balaban J connectivity index is 2.15. The largest absolute Gasteiger partial charge is 0.477 e. The number of hydrogen-bond acceptors (Lipinski definition) is 6. The number of carbonyl (C=O) groups excluding carboxylic acids is 2. The zero-order chi connectivity index (χ0) is 18.8. The molecule has 0 aliphatic carbocycles. The highest BCUT2D eigenvalue weighted by Crippen LogP contribution is 2.21. The van der Waals surface area contributed by atoms with Gasteiger partial charge in [-0.2, -0.15) is 5.10 Å². The maximum absolute atomic E-state index is 12.4. The summed E-state index contributed by atoms with van der Waals surface area (Å²) in [5, 5.41) is 12.6. The summed E-state index contributed by atoms with van der Waals surface area (Å²) in [6.07, 6.45) is 1.48. The molecule has 136 valence electrons. The number of ether oxygens (including phenoxy) is 1. The smallest absolute Gasteiger partial charge is 0.410 e. The molecule has 0 spiro atoms. The topological polar surface area (TPSA) is 131 Å². The third-order valence-corrected chi connectivity index (χ3v) is 3.48. The average Bonchev–Trinajstić information content (AvgIpc) is 2.97. The van der Waals surface area contributed by atoms with Crippen LogP contribution in [0.15, 0.2) is 17.1 Å². The van der Waals surface area contributed by atoms with E-state index in [0.717, 1.165) is 12.3 Å². The third kappa shape index (κ3) is 4.34. The molecule has 0 unspecified atom stereocenters. The lowest BCUT2D eigenvalue weighted by molar-refractivity contribution is -0.121. The lowest BCUT2D eigenvalue weighted by atomic mass is 10.2. The Morgan fingerprint density at radius 3 is 2.64 bits per heavy atom. The van der Waals surface area contributed by atoms with Gasteiger partial charge in [-0.1, -0.05) is 0 Å². The molecule has 2 rings (SSSR count). The number of carboxylic acid groups (broad SMARTS) is 1. The van der Waals surface area contributed by atoms with E-state index >= 15 is 0 Å². The highest BCUT2D eigenvalue weighted by molar-refractivity contribution is 5.92. The number of aromatic nitrogens is 2. The molecule has 2 amide bonds. The summed E-state index contributed by atoms with van der Waals surface area (Å²) in [7, 11) is 0. The van der Waals surface area contributed by atoms with E-state index in [-0.39, 0.29) is 0 Å². The van der Waals surface area contributed by atoms with Gasteiger partial charge in [0, 0.05) is 6.54 Å². The normalized spacial score (nSPS) is 17.2. The van der Waals surface area contributed by atoms with Crippen molar-refractivity contribution in [2.24, 2.45) is 0 Å². The molecule has 0 saturated carbocycles. The van der Waals surface area contributed by atoms with Crippen molar-refractivity contribution in [3.63, 3.8) is 0 Å². The predicted octanol–water partition coefficient (Wildman–Crippen LogP) is 0.411. The maximum atomic E-state index is 12.4. The van der Waals surface area contributed by atoms with Gasteiger partial charge in [0.15, 0.2) is 0 Å². The lowest BCUT2D eigenvalue weighted by Gasteiger charge is -2.27. The molecule has 1 aromatic heterocycles. The Kier molecular flexibility index (Phi) is 5.10. The molecule has 25 heavy (non-hydrogen) atoms. The van der Waals surface area contributed by atoms with Gasteiger partial charge in [0.05, 0.1) is 6.20 Å². The number of carbonyl (C=O) groups is 3. The van der Waals surface area contributed by atoms with Gasteiger partial charge < -0.3 is 9.84 Å². The molecular weight excluding hydrogens is 332 g/mol. The SMILES string of the molecule is CC(C)(C)OC(=O)N1CCC[C@@H]1C(=O)Nn1nccc(C(=O)O)c1=O. The van der Waals surface area contributed by atoms with Crippen molar-refractivity contribution in [1.82, 2.24) is 14.8 Å². The first-order chi connectivity index (χ1) is 11.6. The standard InChI is InChI=1S/C15H20N4O6/c1-15(2,3)25-14(24)18-8-4-5-10(18)11(20)17-19-12(21)9(13(22)23)6-7-16-19/h6-7,10H,4-5,8H2,1-3H3,(H,17,20)(H,22,23)/t10-/m1/s1. The fourth-order valence-electron chi connectivity index (χ4n) is 2.41. The second kappa shape index (κ2) is 6.91. The van der Waals surface area contributed by atoms with Crippen LogP contribution in [0.3, 0.4) is 0 Å². The van der Waals surface area contributed by atoms with E-state index in [1.54, 1.807) is 20.8 Å². The number of nitrogens with one attached hydrogen (secondary N) is 1. The number of likely N-dealkylation sites (tertiary alicyclic amines) is 1. The first-order valence-electron chi connectivity index (χ1n) is 7.72. The summed E-state index contributed by atoms with van der Waals surface area (Å²) < 4.78 is 5.27. The van der Waals surface area contributed by atoms with E-state index in [9.17, 15) is 19.2 Å². The van der Waals surface area contributed by atoms with Crippen LogP contribution in [0.1, 0.15) is 44.0 Å². The molecule has 1 aliphatic heterocycles. The fourth-order valence-corrected chi connectivity index (χ4v) is 2.41. The van der Waals surface area contributed by atoms with Crippen molar-refractivity contribution in [3.8, 4) is 0 Å². The van der Waals surface area contributed by atoms with Gasteiger partial charge >= 0.3 is 17.6 Å². The molecule has 1 aliphatic rings. The summed E-state index contributed by atoms with van der Waals surface area (Å²) in [6.45, 7) is 5.51. The third-order valence-electron chi connectivity index (χ3n) is 3.48. The summed E-state index contributed by atoms with van der Waals surface area (Å²) in [6, 6.07) is 0.215. The zero-order valence-corrected chi connectivity index (χ0v) is 14.2. The van der Waals surface area contributed by atoms with Crippen LogP contribution < -0.4 is 11.0 Å². The zero-order valence-electron chi connectivity index (χ0n) is 14.2. The van der Waals surface area contributed by atoms with Crippen molar-refractivity contribution >= 4 is 18.0 Å². The Hall–Kier alpha value is -2.91. The number of rotatable bonds is 3. The highest BCUT2D eigenvalue weighted by Gasteiger charge is 2.37. The molecule has 1 fully saturated rings. The molecule has 1 aromatic rings. The molecule has 1 saturated heterocycles. The van der Waals surface area contributed by atoms with E-state index in [1.165, 1.54) is 4.90 Å². The number of nitrogens with zero attached hydrogens (tertiary/aromatic N) is 3. The summed E-state index contributed by atoms with van der Waals surface area (Å²) in [4.78, 5) is 49.4. The van der Waals surface area contributed by atoms with Crippen LogP contribution in [0.2, 0.25) is 0 Å². The van der Waals surface area contributed by atoms with E-state index in [1.807, 2.05) is 0 Å². The van der Waals surface area contributed by atoms with Crippen LogP contribution in [-0.2, 0) is 9.53 Å². The quantitative estimate of drug-likeness (QED) is 0.805. The second-order valence-corrected chi connectivity index (χ2v) is 6.57. The molecule has 0 aromatic carbocycles. The fraction of sp³-hybridized carbons (Fsp3) is 0.533. The Morgan fingerprint density at radius 2 is 2.04 bits per heavy atom. The van der Waals surface area contributed by atoms with E-state index in [2.05, 4.69) is 10.5 Å². The summed E-state index contributed by atoms with van der Waals surface area (Å²) in [5.41, 5.74) is 0.0471. The average molecular weight is 352 g/mol. The van der Waals surface area contributed by atoms with Crippen LogP contribution >= 0.6 is 0 Å². The Morgan fingerprint density at radius 1 is 1.36 bits per heavy atom. The first-order valence-corrected chi connectivity index (χ1v) is 7.72. The van der Waals surface area contributed by atoms with Gasteiger partial charge in [-0.15, -0.1) is 4.79 Å². The molecule has 10 nitrogen and oxygen atoms in total. The van der Waals surface area contributed by atoms with Gasteiger partial charge in [-0.3, -0.25) is 14.5 Å². The molecule has 2 N–H and O–H groups in total. The van der Waals surface area contributed by atoms with E-state index in [4.69, 9.17) is 9.84 Å². The van der Waals surface area contributed by atoms with Crippen LogP contribution in [0, 0.1) is 0 Å². The monoisotopic (exact) mass is 352 g/mol. The van der Waals surface area contributed by atoms with Gasteiger partial charge in [0.25, 0.3) is 5.91 Å². The molecule has 1 atom stereocenters. The molecule has 10 heteroatoms. The summed E-state index contributed by atoms with van der Waals surface area (Å²) in [5.74, 6) is -2.06. The minimum absolute atomic E-state index is 0.352. The van der Waals surface area contributed by atoms with Crippen molar-refractivity contribution in [2.75, 3.05) is 12.0 Å². The lowest BCUT2D eigenvalue weighted by Crippen LogP contribution is -2.49. The van der Waals surface area contributed by atoms with Crippen molar-refractivity contribution < 1.29 is 24.2 Å². The molecule has 0 bridgehead atoms. The number of carboxylic acids is 1. The first kappa shape index (κ1) is 18.4. The minimum Gasteiger partial charge on any atom is -0.477 e. The number of hydrogen-bond donors (Lipinski definition) is 2. The van der Waals surface area contributed by atoms with Crippen molar-refractivity contribution in [2.45, 2.75) is 45.3 Å². The molecule has 2 heterocycles. The van der Waals surface area contributed by atoms with Crippen LogP contribution in [0.5, 0.6) is 0 Å². The highest BCUT2D eigenvalue weighted by atomic mass is 16.6.